The van der Waals surface area contributed by atoms with Crippen molar-refractivity contribution < 1.29 is 0 Å². The molecule has 1 saturated heterocycles. The number of benzene rings is 1. The van der Waals surface area contributed by atoms with E-state index >= 15 is 0 Å². The molecule has 0 bridgehead atoms. The van der Waals surface area contributed by atoms with E-state index in [1.807, 2.05) is 0 Å². The number of likely N-dealkylation sites (tertiary alicyclic amines) is 1. The first-order valence-electron chi connectivity index (χ1n) is 9.52. The highest BCUT2D eigenvalue weighted by molar-refractivity contribution is 14.0. The summed E-state index contributed by atoms with van der Waals surface area (Å²) in [5.74, 6) is 1.66. The van der Waals surface area contributed by atoms with E-state index in [2.05, 4.69) is 66.6 Å². The van der Waals surface area contributed by atoms with E-state index in [1.165, 1.54) is 25.1 Å². The van der Waals surface area contributed by atoms with Crippen LogP contribution in [-0.4, -0.2) is 49.6 Å². The molecular formula is C20H35IN4. The summed E-state index contributed by atoms with van der Waals surface area (Å²) < 4.78 is 0. The molecular weight excluding hydrogens is 423 g/mol. The van der Waals surface area contributed by atoms with E-state index < -0.39 is 0 Å². The highest BCUT2D eigenvalue weighted by atomic mass is 127. The lowest BCUT2D eigenvalue weighted by atomic mass is 10.1. The summed E-state index contributed by atoms with van der Waals surface area (Å²) in [7, 11) is 0. The third kappa shape index (κ3) is 8.40. The number of nitrogens with one attached hydrogen (secondary N) is 2. The number of guanidine groups is 1. The summed E-state index contributed by atoms with van der Waals surface area (Å²) in [6, 6.07) is 11.3. The first-order valence-corrected chi connectivity index (χ1v) is 9.52. The summed E-state index contributed by atoms with van der Waals surface area (Å²) >= 11 is 0. The van der Waals surface area contributed by atoms with Crippen LogP contribution >= 0.6 is 24.0 Å². The number of nitrogens with zero attached hydrogens (tertiary/aromatic N) is 2. The number of rotatable bonds is 8. The third-order valence-corrected chi connectivity index (χ3v) is 4.78. The molecule has 1 fully saturated rings. The van der Waals surface area contributed by atoms with Crippen LogP contribution in [0.15, 0.2) is 35.3 Å². The Hall–Kier alpha value is -0.820. The van der Waals surface area contributed by atoms with Gasteiger partial charge in [-0.2, -0.15) is 0 Å². The van der Waals surface area contributed by atoms with Gasteiger partial charge in [-0.05, 0) is 51.1 Å². The fourth-order valence-electron chi connectivity index (χ4n) is 3.07. The molecule has 0 aliphatic carbocycles. The van der Waals surface area contributed by atoms with Crippen LogP contribution in [-0.2, 0) is 6.42 Å². The van der Waals surface area contributed by atoms with Crippen molar-refractivity contribution in [1.29, 1.82) is 0 Å². The van der Waals surface area contributed by atoms with Crippen molar-refractivity contribution in [2.24, 2.45) is 10.9 Å². The minimum absolute atomic E-state index is 0. The molecule has 25 heavy (non-hydrogen) atoms. The predicted octanol–water partition coefficient (Wildman–Crippen LogP) is 3.52. The van der Waals surface area contributed by atoms with Crippen LogP contribution in [0.2, 0.25) is 0 Å². The van der Waals surface area contributed by atoms with E-state index in [0.717, 1.165) is 38.4 Å². The molecule has 0 aromatic heterocycles. The van der Waals surface area contributed by atoms with Gasteiger partial charge in [0.2, 0.25) is 0 Å². The molecule has 2 atom stereocenters. The van der Waals surface area contributed by atoms with Gasteiger partial charge in [-0.3, -0.25) is 4.99 Å². The monoisotopic (exact) mass is 458 g/mol. The van der Waals surface area contributed by atoms with E-state index in [1.54, 1.807) is 0 Å². The molecule has 1 heterocycles. The lowest BCUT2D eigenvalue weighted by Gasteiger charge is -2.18. The first-order chi connectivity index (χ1) is 11.7. The van der Waals surface area contributed by atoms with Crippen molar-refractivity contribution in [3.8, 4) is 0 Å². The van der Waals surface area contributed by atoms with Gasteiger partial charge in [0.1, 0.15) is 0 Å². The van der Waals surface area contributed by atoms with Gasteiger partial charge < -0.3 is 15.5 Å². The molecule has 1 aliphatic rings. The Balaban J connectivity index is 0.00000312. The topological polar surface area (TPSA) is 39.7 Å². The van der Waals surface area contributed by atoms with Crippen LogP contribution < -0.4 is 10.6 Å². The zero-order valence-corrected chi connectivity index (χ0v) is 18.3. The molecule has 2 rings (SSSR count). The van der Waals surface area contributed by atoms with Crippen molar-refractivity contribution in [2.75, 3.05) is 32.7 Å². The molecule has 4 nitrogen and oxygen atoms in total. The zero-order valence-electron chi connectivity index (χ0n) is 16.0. The van der Waals surface area contributed by atoms with Crippen molar-refractivity contribution in [2.45, 2.75) is 46.1 Å². The van der Waals surface area contributed by atoms with Crippen LogP contribution in [0.5, 0.6) is 0 Å². The average Bonchev–Trinajstić information content (AvgIpc) is 3.07. The number of hydrogen-bond acceptors (Lipinski definition) is 2. The maximum absolute atomic E-state index is 4.80. The van der Waals surface area contributed by atoms with Crippen molar-refractivity contribution in [3.63, 3.8) is 0 Å². The van der Waals surface area contributed by atoms with Gasteiger partial charge >= 0.3 is 0 Å². The second-order valence-electron chi connectivity index (χ2n) is 6.86. The average molecular weight is 458 g/mol. The SMILES string of the molecule is CCNC(=NCC1CCN(CCc2ccccc2)C1)NC(C)CC.I. The van der Waals surface area contributed by atoms with E-state index in [0.29, 0.717) is 12.0 Å². The Morgan fingerprint density at radius 2 is 2.04 bits per heavy atom. The Morgan fingerprint density at radius 1 is 1.28 bits per heavy atom. The molecule has 1 aromatic rings. The lowest BCUT2D eigenvalue weighted by Crippen LogP contribution is -2.42. The van der Waals surface area contributed by atoms with Crippen LogP contribution in [0.4, 0.5) is 0 Å². The lowest BCUT2D eigenvalue weighted by molar-refractivity contribution is 0.329. The Bertz CT molecular complexity index is 492. The van der Waals surface area contributed by atoms with Crippen LogP contribution in [0.1, 0.15) is 39.2 Å². The molecule has 0 saturated carbocycles. The van der Waals surface area contributed by atoms with Gasteiger partial charge in [-0.1, -0.05) is 37.3 Å². The zero-order chi connectivity index (χ0) is 17.2. The van der Waals surface area contributed by atoms with E-state index in [4.69, 9.17) is 4.99 Å². The maximum Gasteiger partial charge on any atom is 0.191 e. The van der Waals surface area contributed by atoms with Crippen molar-refractivity contribution in [3.05, 3.63) is 35.9 Å². The minimum Gasteiger partial charge on any atom is -0.357 e. The van der Waals surface area contributed by atoms with Gasteiger partial charge in [0.15, 0.2) is 5.96 Å². The molecule has 2 N–H and O–H groups in total. The predicted molar refractivity (Wildman–Crippen MR) is 119 cm³/mol. The van der Waals surface area contributed by atoms with Crippen molar-refractivity contribution >= 4 is 29.9 Å². The summed E-state index contributed by atoms with van der Waals surface area (Å²) in [5, 5.41) is 6.83. The Kier molecular flexibility index (Phi) is 11.1. The molecule has 142 valence electrons. The smallest absolute Gasteiger partial charge is 0.191 e. The summed E-state index contributed by atoms with van der Waals surface area (Å²) in [4.78, 5) is 7.39. The normalized spacial score (nSPS) is 19.3. The van der Waals surface area contributed by atoms with Gasteiger partial charge in [-0.15, -0.1) is 24.0 Å². The van der Waals surface area contributed by atoms with Gasteiger partial charge in [0.05, 0.1) is 0 Å². The summed E-state index contributed by atoms with van der Waals surface area (Å²) in [6.45, 7) is 11.9. The van der Waals surface area contributed by atoms with Gasteiger partial charge in [-0.25, -0.2) is 0 Å². The highest BCUT2D eigenvalue weighted by Gasteiger charge is 2.21. The van der Waals surface area contributed by atoms with Crippen molar-refractivity contribution in [1.82, 2.24) is 15.5 Å². The Morgan fingerprint density at radius 3 is 2.72 bits per heavy atom. The fraction of sp³-hybridized carbons (Fsp3) is 0.650. The summed E-state index contributed by atoms with van der Waals surface area (Å²) in [6.07, 6.45) is 3.52. The minimum atomic E-state index is 0. The largest absolute Gasteiger partial charge is 0.357 e. The fourth-order valence-corrected chi connectivity index (χ4v) is 3.07. The van der Waals surface area contributed by atoms with Crippen LogP contribution in [0.25, 0.3) is 0 Å². The molecule has 0 amide bonds. The Labute approximate surface area is 170 Å². The maximum atomic E-state index is 4.80. The molecule has 5 heteroatoms. The van der Waals surface area contributed by atoms with E-state index in [-0.39, 0.29) is 24.0 Å². The number of hydrogen-bond donors (Lipinski definition) is 2. The molecule has 0 spiro atoms. The molecule has 1 aromatic carbocycles. The third-order valence-electron chi connectivity index (χ3n) is 4.78. The van der Waals surface area contributed by atoms with Gasteiger partial charge in [0.25, 0.3) is 0 Å². The second kappa shape index (κ2) is 12.5. The standard InChI is InChI=1S/C20H34N4.HI/c1-4-17(3)23-20(21-5-2)22-15-19-12-14-24(16-19)13-11-18-9-7-6-8-10-18;/h6-10,17,19H,4-5,11-16H2,1-3H3,(H2,21,22,23);1H. The van der Waals surface area contributed by atoms with E-state index in [9.17, 15) is 0 Å². The molecule has 0 radical (unpaired) electrons. The summed E-state index contributed by atoms with van der Waals surface area (Å²) in [5.41, 5.74) is 1.44. The molecule has 2 unspecified atom stereocenters. The van der Waals surface area contributed by atoms with Gasteiger partial charge in [0, 0.05) is 32.2 Å². The van der Waals surface area contributed by atoms with Crippen LogP contribution in [0.3, 0.4) is 0 Å². The first kappa shape index (κ1) is 22.2. The quantitative estimate of drug-likeness (QED) is 0.356. The number of halogens is 1. The van der Waals surface area contributed by atoms with Crippen LogP contribution in [0, 0.1) is 5.92 Å². The second-order valence-corrected chi connectivity index (χ2v) is 6.86. The molecule has 1 aliphatic heterocycles. The highest BCUT2D eigenvalue weighted by Crippen LogP contribution is 2.17. The number of aliphatic imine (C=N–C) groups is 1.